The molecule has 112 valence electrons. The number of hydrogen-bond donors (Lipinski definition) is 1. The SMILES string of the molecule is CCOc1ccc(NC(C)c2cccc(Cl)c2Cl)cc1F. The second-order valence-corrected chi connectivity index (χ2v) is 5.37. The topological polar surface area (TPSA) is 21.3 Å². The summed E-state index contributed by atoms with van der Waals surface area (Å²) in [4.78, 5) is 0. The highest BCUT2D eigenvalue weighted by molar-refractivity contribution is 6.42. The minimum absolute atomic E-state index is 0.103. The maximum atomic E-state index is 13.8. The molecule has 0 aliphatic rings. The van der Waals surface area contributed by atoms with Gasteiger partial charge < -0.3 is 10.1 Å². The molecule has 1 atom stereocenters. The number of rotatable bonds is 5. The summed E-state index contributed by atoms with van der Waals surface area (Å²) in [5.41, 5.74) is 1.51. The molecule has 2 aromatic rings. The van der Waals surface area contributed by atoms with Gasteiger partial charge in [0.15, 0.2) is 11.6 Å². The molecule has 0 saturated carbocycles. The Hall–Kier alpha value is -1.45. The first-order valence-corrected chi connectivity index (χ1v) is 7.41. The van der Waals surface area contributed by atoms with E-state index in [2.05, 4.69) is 5.32 Å². The Morgan fingerprint density at radius 3 is 2.67 bits per heavy atom. The van der Waals surface area contributed by atoms with E-state index in [4.69, 9.17) is 27.9 Å². The molecule has 5 heteroatoms. The maximum Gasteiger partial charge on any atom is 0.167 e. The molecule has 0 aromatic heterocycles. The van der Waals surface area contributed by atoms with Crippen molar-refractivity contribution < 1.29 is 9.13 Å². The van der Waals surface area contributed by atoms with Crippen molar-refractivity contribution in [1.29, 1.82) is 0 Å². The van der Waals surface area contributed by atoms with E-state index in [9.17, 15) is 4.39 Å². The summed E-state index contributed by atoms with van der Waals surface area (Å²) in [6, 6.07) is 10.1. The molecule has 0 amide bonds. The number of anilines is 1. The molecule has 0 saturated heterocycles. The number of nitrogens with one attached hydrogen (secondary N) is 1. The standard InChI is InChI=1S/C16H16Cl2FNO/c1-3-21-15-8-7-11(9-14(15)19)20-10(2)12-5-4-6-13(17)16(12)18/h4-10,20H,3H2,1-2H3. The van der Waals surface area contributed by atoms with Crippen LogP contribution in [0, 0.1) is 5.82 Å². The molecule has 0 heterocycles. The van der Waals surface area contributed by atoms with Crippen LogP contribution in [0.25, 0.3) is 0 Å². The Balaban J connectivity index is 2.18. The fourth-order valence-corrected chi connectivity index (χ4v) is 2.52. The third-order valence-corrected chi connectivity index (χ3v) is 3.90. The van der Waals surface area contributed by atoms with Crippen molar-refractivity contribution in [1.82, 2.24) is 0 Å². The summed E-state index contributed by atoms with van der Waals surface area (Å²) >= 11 is 12.2. The lowest BCUT2D eigenvalue weighted by Crippen LogP contribution is -2.07. The maximum absolute atomic E-state index is 13.8. The van der Waals surface area contributed by atoms with Gasteiger partial charge in [0.2, 0.25) is 0 Å². The summed E-state index contributed by atoms with van der Waals surface area (Å²) in [7, 11) is 0. The largest absolute Gasteiger partial charge is 0.491 e. The van der Waals surface area contributed by atoms with Gasteiger partial charge in [0.1, 0.15) is 0 Å². The molecular formula is C16H16Cl2FNO. The van der Waals surface area contributed by atoms with Crippen LogP contribution in [-0.2, 0) is 0 Å². The van der Waals surface area contributed by atoms with Gasteiger partial charge in [0, 0.05) is 11.8 Å². The van der Waals surface area contributed by atoms with Crippen LogP contribution < -0.4 is 10.1 Å². The Bertz CT molecular complexity index is 634. The lowest BCUT2D eigenvalue weighted by atomic mass is 10.1. The molecule has 0 spiro atoms. The number of halogens is 3. The van der Waals surface area contributed by atoms with E-state index < -0.39 is 5.82 Å². The van der Waals surface area contributed by atoms with Gasteiger partial charge in [-0.2, -0.15) is 0 Å². The van der Waals surface area contributed by atoms with E-state index in [0.29, 0.717) is 22.3 Å². The lowest BCUT2D eigenvalue weighted by molar-refractivity contribution is 0.321. The lowest BCUT2D eigenvalue weighted by Gasteiger charge is -2.18. The fraction of sp³-hybridized carbons (Fsp3) is 0.250. The first-order valence-electron chi connectivity index (χ1n) is 6.65. The summed E-state index contributed by atoms with van der Waals surface area (Å²) in [5, 5.41) is 4.20. The van der Waals surface area contributed by atoms with Crippen molar-refractivity contribution in [3.63, 3.8) is 0 Å². The highest BCUT2D eigenvalue weighted by Gasteiger charge is 2.13. The molecule has 2 aromatic carbocycles. The van der Waals surface area contributed by atoms with Crippen LogP contribution in [0.2, 0.25) is 10.0 Å². The highest BCUT2D eigenvalue weighted by atomic mass is 35.5. The van der Waals surface area contributed by atoms with Crippen molar-refractivity contribution in [3.8, 4) is 5.75 Å². The second kappa shape index (κ2) is 7.01. The zero-order valence-electron chi connectivity index (χ0n) is 11.8. The molecule has 2 rings (SSSR count). The molecule has 0 fully saturated rings. The summed E-state index contributed by atoms with van der Waals surface area (Å²) in [6.07, 6.45) is 0. The second-order valence-electron chi connectivity index (χ2n) is 4.59. The summed E-state index contributed by atoms with van der Waals surface area (Å²) < 4.78 is 19.0. The third-order valence-electron chi connectivity index (χ3n) is 3.06. The van der Waals surface area contributed by atoms with Crippen LogP contribution in [0.4, 0.5) is 10.1 Å². The Morgan fingerprint density at radius 2 is 2.00 bits per heavy atom. The van der Waals surface area contributed by atoms with E-state index in [1.807, 2.05) is 26.0 Å². The van der Waals surface area contributed by atoms with Crippen LogP contribution in [0.1, 0.15) is 25.5 Å². The van der Waals surface area contributed by atoms with E-state index in [1.165, 1.54) is 6.07 Å². The van der Waals surface area contributed by atoms with Crippen LogP contribution in [0.3, 0.4) is 0 Å². The summed E-state index contributed by atoms with van der Waals surface area (Å²) in [6.45, 7) is 4.18. The Kier molecular flexibility index (Phi) is 5.32. The van der Waals surface area contributed by atoms with Gasteiger partial charge in [-0.05, 0) is 37.6 Å². The van der Waals surface area contributed by atoms with Crippen molar-refractivity contribution in [3.05, 3.63) is 57.8 Å². The van der Waals surface area contributed by atoms with Gasteiger partial charge >= 0.3 is 0 Å². The predicted octanol–water partition coefficient (Wildman–Crippen LogP) is 5.70. The molecule has 2 nitrogen and oxygen atoms in total. The fourth-order valence-electron chi connectivity index (χ4n) is 2.05. The molecule has 21 heavy (non-hydrogen) atoms. The van der Waals surface area contributed by atoms with Crippen LogP contribution in [0.5, 0.6) is 5.75 Å². The minimum atomic E-state index is -0.397. The molecule has 0 aliphatic carbocycles. The molecule has 0 bridgehead atoms. The predicted molar refractivity (Wildman–Crippen MR) is 86.1 cm³/mol. The van der Waals surface area contributed by atoms with Gasteiger partial charge in [-0.25, -0.2) is 4.39 Å². The van der Waals surface area contributed by atoms with Crippen LogP contribution in [-0.4, -0.2) is 6.61 Å². The van der Waals surface area contributed by atoms with Crippen molar-refractivity contribution in [2.75, 3.05) is 11.9 Å². The smallest absolute Gasteiger partial charge is 0.167 e. The van der Waals surface area contributed by atoms with Gasteiger partial charge in [-0.3, -0.25) is 0 Å². The van der Waals surface area contributed by atoms with E-state index in [1.54, 1.807) is 18.2 Å². The molecule has 0 aliphatic heterocycles. The number of hydrogen-bond acceptors (Lipinski definition) is 2. The third kappa shape index (κ3) is 3.80. The number of ether oxygens (including phenoxy) is 1. The minimum Gasteiger partial charge on any atom is -0.491 e. The highest BCUT2D eigenvalue weighted by Crippen LogP contribution is 2.32. The van der Waals surface area contributed by atoms with Crippen molar-refractivity contribution >= 4 is 28.9 Å². The molecule has 0 radical (unpaired) electrons. The molecule has 1 N–H and O–H groups in total. The average molecular weight is 328 g/mol. The number of benzene rings is 2. The van der Waals surface area contributed by atoms with E-state index >= 15 is 0 Å². The van der Waals surface area contributed by atoms with Crippen molar-refractivity contribution in [2.45, 2.75) is 19.9 Å². The van der Waals surface area contributed by atoms with Gasteiger partial charge in [-0.15, -0.1) is 0 Å². The van der Waals surface area contributed by atoms with Gasteiger partial charge in [0.25, 0.3) is 0 Å². The summed E-state index contributed by atoms with van der Waals surface area (Å²) in [5.74, 6) is -0.150. The van der Waals surface area contributed by atoms with Gasteiger partial charge in [-0.1, -0.05) is 35.3 Å². The van der Waals surface area contributed by atoms with E-state index in [0.717, 1.165) is 5.56 Å². The van der Waals surface area contributed by atoms with E-state index in [-0.39, 0.29) is 11.8 Å². The molecular weight excluding hydrogens is 312 g/mol. The van der Waals surface area contributed by atoms with Crippen LogP contribution in [0.15, 0.2) is 36.4 Å². The molecule has 1 unspecified atom stereocenters. The first-order chi connectivity index (χ1) is 10.0. The monoisotopic (exact) mass is 327 g/mol. The Morgan fingerprint density at radius 1 is 1.24 bits per heavy atom. The quantitative estimate of drug-likeness (QED) is 0.760. The van der Waals surface area contributed by atoms with Crippen molar-refractivity contribution in [2.24, 2.45) is 0 Å². The van der Waals surface area contributed by atoms with Crippen LogP contribution >= 0.6 is 23.2 Å². The average Bonchev–Trinajstić information content (AvgIpc) is 2.45. The Labute approximate surface area is 133 Å². The van der Waals surface area contributed by atoms with Gasteiger partial charge in [0.05, 0.1) is 22.7 Å². The zero-order valence-corrected chi connectivity index (χ0v) is 13.3. The zero-order chi connectivity index (χ0) is 15.4. The normalized spacial score (nSPS) is 12.0. The first kappa shape index (κ1) is 15.9.